The van der Waals surface area contributed by atoms with Crippen LogP contribution in [0.5, 0.6) is 5.75 Å². The Morgan fingerprint density at radius 3 is 2.00 bits per heavy atom. The van der Waals surface area contributed by atoms with E-state index in [-0.39, 0.29) is 66.6 Å². The Morgan fingerprint density at radius 2 is 1.41 bits per heavy atom. The van der Waals surface area contributed by atoms with Crippen LogP contribution in [-0.4, -0.2) is 26.2 Å². The molecule has 0 radical (unpaired) electrons. The number of aromatic hydroxyl groups is 1. The van der Waals surface area contributed by atoms with Gasteiger partial charge >= 0.3 is 69.5 Å². The van der Waals surface area contributed by atoms with E-state index in [4.69, 9.17) is 4.42 Å². The first-order chi connectivity index (χ1) is 13.2. The fourth-order valence-corrected chi connectivity index (χ4v) is 6.80. The third-order valence-corrected chi connectivity index (χ3v) is 8.26. The van der Waals surface area contributed by atoms with E-state index in [0.29, 0.717) is 16.5 Å². The van der Waals surface area contributed by atoms with Crippen LogP contribution >= 0.6 is 0 Å². The zero-order valence-corrected chi connectivity index (χ0v) is 23.0. The molecule has 0 unspecified atom stereocenters. The molecule has 0 aliphatic rings. The molecule has 0 aliphatic carbocycles. The first-order valence-electron chi connectivity index (χ1n) is 9.70. The van der Waals surface area contributed by atoms with Crippen molar-refractivity contribution < 1.29 is 43.5 Å². The number of para-hydroxylation sites is 1. The molecule has 3 rings (SSSR count). The Kier molecular flexibility index (Phi) is 15.5. The van der Waals surface area contributed by atoms with E-state index >= 15 is 0 Å². The molecule has 3 nitrogen and oxygen atoms in total. The SMILES string of the molecule is CCC[CH2][Sn+2][CH2]CCC.O=c1c(O)c(-c2ccccc2)oc2ccccc12.[Br-].[Br-]. The van der Waals surface area contributed by atoms with Crippen LogP contribution in [0.4, 0.5) is 0 Å². The van der Waals surface area contributed by atoms with E-state index in [1.807, 2.05) is 18.2 Å². The van der Waals surface area contributed by atoms with Gasteiger partial charge in [-0.1, -0.05) is 42.5 Å². The molecule has 0 bridgehead atoms. The van der Waals surface area contributed by atoms with Gasteiger partial charge in [-0.2, -0.15) is 0 Å². The van der Waals surface area contributed by atoms with Crippen molar-refractivity contribution in [3.63, 3.8) is 0 Å². The summed E-state index contributed by atoms with van der Waals surface area (Å²) < 4.78 is 8.86. The van der Waals surface area contributed by atoms with Crippen LogP contribution < -0.4 is 39.4 Å². The van der Waals surface area contributed by atoms with Gasteiger partial charge in [-0.15, -0.1) is 0 Å². The predicted molar refractivity (Wildman–Crippen MR) is 115 cm³/mol. The summed E-state index contributed by atoms with van der Waals surface area (Å²) in [5.41, 5.74) is 0.743. The summed E-state index contributed by atoms with van der Waals surface area (Å²) in [5, 5.41) is 10.3. The smallest absolute Gasteiger partial charge is 0.235 e. The Morgan fingerprint density at radius 1 is 0.862 bits per heavy atom. The molecule has 0 saturated heterocycles. The number of hydrogen-bond acceptors (Lipinski definition) is 3. The van der Waals surface area contributed by atoms with Crippen molar-refractivity contribution >= 4 is 32.1 Å². The van der Waals surface area contributed by atoms with Gasteiger partial charge in [0.05, 0.1) is 5.39 Å². The first-order valence-corrected chi connectivity index (χ1v) is 13.7. The van der Waals surface area contributed by atoms with Crippen molar-refractivity contribution in [1.29, 1.82) is 0 Å². The van der Waals surface area contributed by atoms with E-state index < -0.39 is 5.43 Å². The van der Waals surface area contributed by atoms with Crippen molar-refractivity contribution in [3.8, 4) is 17.1 Å². The minimum Gasteiger partial charge on any atom is -1.00 e. The monoisotopic (exact) mass is 630 g/mol. The maximum atomic E-state index is 12.0. The minimum atomic E-state index is -0.407. The molecule has 1 N–H and O–H groups in total. The van der Waals surface area contributed by atoms with Gasteiger partial charge in [-0.25, -0.2) is 0 Å². The van der Waals surface area contributed by atoms with Gasteiger partial charge in [0.25, 0.3) is 0 Å². The largest absolute Gasteiger partial charge is 1.00 e. The molecular weight excluding hydrogens is 603 g/mol. The molecule has 0 fully saturated rings. The number of unbranched alkanes of at least 4 members (excludes halogenated alkanes) is 2. The van der Waals surface area contributed by atoms with Gasteiger partial charge in [0.15, 0.2) is 5.76 Å². The molecule has 1 aromatic heterocycles. The molecule has 0 amide bonds. The fraction of sp³-hybridized carbons (Fsp3) is 0.348. The zero-order valence-electron chi connectivity index (χ0n) is 17.0. The zero-order chi connectivity index (χ0) is 19.5. The van der Waals surface area contributed by atoms with Gasteiger partial charge in [-0.3, -0.25) is 4.79 Å². The first kappa shape index (κ1) is 28.2. The second kappa shape index (κ2) is 16.0. The normalized spacial score (nSPS) is 9.45. The third kappa shape index (κ3) is 8.85. The maximum absolute atomic E-state index is 12.0. The molecule has 3 aromatic rings. The average molecular weight is 631 g/mol. The predicted octanol–water partition coefficient (Wildman–Crippen LogP) is 0.301. The van der Waals surface area contributed by atoms with Crippen LogP contribution in [0.1, 0.15) is 39.5 Å². The van der Waals surface area contributed by atoms with Gasteiger partial charge in [0.1, 0.15) is 5.58 Å². The molecule has 156 valence electrons. The van der Waals surface area contributed by atoms with Crippen LogP contribution in [0.25, 0.3) is 22.3 Å². The van der Waals surface area contributed by atoms with Crippen molar-refractivity contribution in [2.75, 3.05) is 0 Å². The summed E-state index contributed by atoms with van der Waals surface area (Å²) in [6.07, 6.45) is 5.84. The number of fused-ring (bicyclic) bond motifs is 1. The Labute approximate surface area is 204 Å². The average Bonchev–Trinajstić information content (AvgIpc) is 2.72. The molecule has 0 aliphatic heterocycles. The summed E-state index contributed by atoms with van der Waals surface area (Å²) in [4.78, 5) is 12.0. The summed E-state index contributed by atoms with van der Waals surface area (Å²) in [6, 6.07) is 15.9. The Bertz CT molecular complexity index is 876. The molecule has 6 heteroatoms. The molecule has 0 atom stereocenters. The standard InChI is InChI=1S/C15H10O3.2C4H9.2BrH.Sn/c16-13-11-8-4-5-9-12(11)18-15(14(13)17)10-6-2-1-3-7-10;2*1-3-4-2;;;/h1-9,17H;2*1,3-4H2,2H3;2*1H;/q;;;;;+2/p-2. The van der Waals surface area contributed by atoms with E-state index in [0.717, 1.165) is 0 Å². The van der Waals surface area contributed by atoms with Gasteiger partial charge < -0.3 is 43.5 Å². The molecule has 2 aromatic carbocycles. The van der Waals surface area contributed by atoms with Crippen LogP contribution in [0, 0.1) is 0 Å². The number of hydrogen-bond donors (Lipinski definition) is 1. The number of halogens is 2. The minimum absolute atomic E-state index is 0. The Hall–Kier alpha value is -0.791. The second-order valence-electron chi connectivity index (χ2n) is 6.43. The number of benzene rings is 2. The van der Waals surface area contributed by atoms with E-state index in [9.17, 15) is 9.90 Å². The fourth-order valence-electron chi connectivity index (χ4n) is 2.65. The van der Waals surface area contributed by atoms with Crippen molar-refractivity contribution in [1.82, 2.24) is 0 Å². The van der Waals surface area contributed by atoms with Crippen LogP contribution in [0.2, 0.25) is 8.87 Å². The van der Waals surface area contributed by atoms with E-state index in [2.05, 4.69) is 13.8 Å². The van der Waals surface area contributed by atoms with Gasteiger partial charge in [0, 0.05) is 5.56 Å². The second-order valence-corrected chi connectivity index (χ2v) is 10.7. The molecule has 0 spiro atoms. The summed E-state index contributed by atoms with van der Waals surface area (Å²) >= 11 is 0.149. The van der Waals surface area contributed by atoms with Crippen LogP contribution in [0.15, 0.2) is 63.8 Å². The quantitative estimate of drug-likeness (QED) is 0.302. The van der Waals surface area contributed by atoms with Crippen LogP contribution in [0.3, 0.4) is 0 Å². The van der Waals surface area contributed by atoms with Crippen molar-refractivity contribution in [2.24, 2.45) is 0 Å². The summed E-state index contributed by atoms with van der Waals surface area (Å²) in [5.74, 6) is -0.140. The molecule has 29 heavy (non-hydrogen) atoms. The van der Waals surface area contributed by atoms with Crippen LogP contribution in [-0.2, 0) is 0 Å². The third-order valence-electron chi connectivity index (χ3n) is 4.22. The molecular formula is C23H28Br2O3Sn. The van der Waals surface area contributed by atoms with Crippen molar-refractivity contribution in [2.45, 2.75) is 48.4 Å². The van der Waals surface area contributed by atoms with Gasteiger partial charge in [-0.05, 0) is 12.1 Å². The van der Waals surface area contributed by atoms with E-state index in [1.54, 1.807) is 45.3 Å². The Balaban J connectivity index is 0.000000621. The summed E-state index contributed by atoms with van der Waals surface area (Å²) in [6.45, 7) is 4.58. The number of rotatable bonds is 7. The molecule has 1 heterocycles. The maximum Gasteiger partial charge on any atom is 0.235 e. The van der Waals surface area contributed by atoms with Crippen molar-refractivity contribution in [3.05, 3.63) is 64.8 Å². The molecule has 0 saturated carbocycles. The van der Waals surface area contributed by atoms with E-state index in [1.165, 1.54) is 25.7 Å². The van der Waals surface area contributed by atoms with Gasteiger partial charge in [0.2, 0.25) is 11.2 Å². The topological polar surface area (TPSA) is 50.4 Å². The summed E-state index contributed by atoms with van der Waals surface area (Å²) in [7, 11) is 0.